The van der Waals surface area contributed by atoms with Crippen LogP contribution in [0.5, 0.6) is 0 Å². The number of benzene rings is 1. The van der Waals surface area contributed by atoms with Crippen LogP contribution in [-0.4, -0.2) is 22.2 Å². The molecule has 80 valence electrons. The molecule has 0 aliphatic carbocycles. The van der Waals surface area contributed by atoms with Gasteiger partial charge in [-0.2, -0.15) is 0 Å². The summed E-state index contributed by atoms with van der Waals surface area (Å²) in [5.41, 5.74) is 14.5. The van der Waals surface area contributed by atoms with Gasteiger partial charge in [0.25, 0.3) is 0 Å². The summed E-state index contributed by atoms with van der Waals surface area (Å²) in [7, 11) is 0. The van der Waals surface area contributed by atoms with Gasteiger partial charge in [-0.05, 0) is 6.07 Å². The molecule has 0 heterocycles. The Morgan fingerprint density at radius 1 is 1.00 bits per heavy atom. The van der Waals surface area contributed by atoms with Crippen molar-refractivity contribution in [1.29, 1.82) is 0 Å². The van der Waals surface area contributed by atoms with Crippen molar-refractivity contribution >= 4 is 29.0 Å². The normalized spacial score (nSPS) is 9.87. The van der Waals surface area contributed by atoms with Gasteiger partial charge in [0.05, 0.1) is 16.9 Å². The predicted molar refractivity (Wildman–Crippen MR) is 53.6 cm³/mol. The van der Waals surface area contributed by atoms with E-state index < -0.39 is 11.9 Å². The highest BCUT2D eigenvalue weighted by Crippen LogP contribution is 2.29. The fraction of sp³-hybridized carbons (Fsp3) is 0. The molecule has 0 bridgehead atoms. The van der Waals surface area contributed by atoms with E-state index in [0.717, 1.165) is 6.07 Å². The van der Waals surface area contributed by atoms with Crippen molar-refractivity contribution in [2.45, 2.75) is 0 Å². The molecule has 0 saturated carbocycles. The molecule has 0 atom stereocenters. The van der Waals surface area contributed by atoms with Gasteiger partial charge >= 0.3 is 11.9 Å². The molecule has 0 aromatic heterocycles. The molecular weight excluding hydrogens is 202 g/mol. The molecule has 0 radical (unpaired) electrons. The summed E-state index contributed by atoms with van der Waals surface area (Å²) in [4.78, 5) is 21.4. The minimum absolute atomic E-state index is 0.230. The predicted octanol–water partition coefficient (Wildman–Crippen LogP) is -0.170. The average molecular weight is 211 g/mol. The molecule has 0 unspecified atom stereocenters. The van der Waals surface area contributed by atoms with Crippen LogP contribution in [0.25, 0.3) is 0 Å². The van der Waals surface area contributed by atoms with E-state index in [-0.39, 0.29) is 28.2 Å². The maximum Gasteiger partial charge on any atom is 0.339 e. The first kappa shape index (κ1) is 10.6. The number of anilines is 3. The first-order valence-corrected chi connectivity index (χ1v) is 3.80. The van der Waals surface area contributed by atoms with Crippen molar-refractivity contribution in [2.75, 3.05) is 17.2 Å². The van der Waals surface area contributed by atoms with Crippen molar-refractivity contribution < 1.29 is 19.8 Å². The zero-order valence-corrected chi connectivity index (χ0v) is 7.52. The van der Waals surface area contributed by atoms with Crippen LogP contribution in [0.3, 0.4) is 0 Å². The van der Waals surface area contributed by atoms with Gasteiger partial charge in [-0.15, -0.1) is 0 Å². The largest absolute Gasteiger partial charge is 0.478 e. The van der Waals surface area contributed by atoms with E-state index in [1.165, 1.54) is 0 Å². The molecule has 0 fully saturated rings. The minimum Gasteiger partial charge on any atom is -0.478 e. The Kier molecular flexibility index (Phi) is 2.39. The molecule has 7 heteroatoms. The van der Waals surface area contributed by atoms with Crippen LogP contribution in [0.1, 0.15) is 20.7 Å². The van der Waals surface area contributed by atoms with E-state index in [0.29, 0.717) is 0 Å². The van der Waals surface area contributed by atoms with Gasteiger partial charge in [0.2, 0.25) is 0 Å². The smallest absolute Gasteiger partial charge is 0.339 e. The third-order valence-corrected chi connectivity index (χ3v) is 1.88. The summed E-state index contributed by atoms with van der Waals surface area (Å²) in [5, 5.41) is 17.4. The van der Waals surface area contributed by atoms with Gasteiger partial charge in [-0.25, -0.2) is 9.59 Å². The van der Waals surface area contributed by atoms with Gasteiger partial charge < -0.3 is 27.4 Å². The van der Waals surface area contributed by atoms with Crippen LogP contribution in [0.2, 0.25) is 0 Å². The van der Waals surface area contributed by atoms with Gasteiger partial charge in [-0.3, -0.25) is 0 Å². The first-order chi connectivity index (χ1) is 6.86. The average Bonchev–Trinajstić information content (AvgIpc) is 2.10. The second kappa shape index (κ2) is 3.37. The summed E-state index contributed by atoms with van der Waals surface area (Å²) in [6, 6.07) is 0.970. The van der Waals surface area contributed by atoms with E-state index in [9.17, 15) is 9.59 Å². The van der Waals surface area contributed by atoms with Gasteiger partial charge in [0.15, 0.2) is 0 Å². The fourth-order valence-electron chi connectivity index (χ4n) is 1.16. The number of hydrogen-bond acceptors (Lipinski definition) is 5. The number of nitrogens with two attached hydrogens (primary N) is 3. The maximum absolute atomic E-state index is 10.7. The zero-order chi connectivity index (χ0) is 11.7. The number of carboxylic acids is 2. The summed E-state index contributed by atoms with van der Waals surface area (Å²) < 4.78 is 0. The Labute approximate surface area is 84.1 Å². The van der Waals surface area contributed by atoms with Gasteiger partial charge in [0.1, 0.15) is 5.56 Å². The lowest BCUT2D eigenvalue weighted by molar-refractivity contribution is 0.0683. The second-order valence-corrected chi connectivity index (χ2v) is 2.83. The Hall–Kier alpha value is -2.44. The van der Waals surface area contributed by atoms with Crippen molar-refractivity contribution in [2.24, 2.45) is 0 Å². The number of nitrogen functional groups attached to an aromatic ring is 3. The van der Waals surface area contributed by atoms with E-state index in [1.807, 2.05) is 0 Å². The van der Waals surface area contributed by atoms with Crippen LogP contribution in [-0.2, 0) is 0 Å². The van der Waals surface area contributed by atoms with E-state index in [2.05, 4.69) is 0 Å². The summed E-state index contributed by atoms with van der Waals surface area (Å²) >= 11 is 0. The van der Waals surface area contributed by atoms with Crippen molar-refractivity contribution in [3.05, 3.63) is 17.2 Å². The number of carboxylic acid groups (broad SMARTS) is 2. The summed E-state index contributed by atoms with van der Waals surface area (Å²) in [5.74, 6) is -2.67. The highest BCUT2D eigenvalue weighted by atomic mass is 16.4. The summed E-state index contributed by atoms with van der Waals surface area (Å²) in [6.45, 7) is 0. The second-order valence-electron chi connectivity index (χ2n) is 2.83. The number of carbonyl (C=O) groups is 2. The Morgan fingerprint density at radius 2 is 1.53 bits per heavy atom. The summed E-state index contributed by atoms with van der Waals surface area (Å²) in [6.07, 6.45) is 0. The number of rotatable bonds is 2. The molecule has 1 aromatic rings. The van der Waals surface area contributed by atoms with Crippen molar-refractivity contribution in [1.82, 2.24) is 0 Å². The van der Waals surface area contributed by atoms with Crippen LogP contribution in [0.4, 0.5) is 17.1 Å². The maximum atomic E-state index is 10.7. The SMILES string of the molecule is Nc1cc(C(=O)O)c(N)c(N)c1C(=O)O. The third-order valence-electron chi connectivity index (χ3n) is 1.88. The van der Waals surface area contributed by atoms with E-state index in [1.54, 1.807) is 0 Å². The molecule has 7 nitrogen and oxygen atoms in total. The molecule has 1 aromatic carbocycles. The van der Waals surface area contributed by atoms with Crippen LogP contribution >= 0.6 is 0 Å². The van der Waals surface area contributed by atoms with Crippen LogP contribution < -0.4 is 17.2 Å². The van der Waals surface area contributed by atoms with Gasteiger partial charge in [0, 0.05) is 5.69 Å². The van der Waals surface area contributed by atoms with Crippen molar-refractivity contribution in [3.63, 3.8) is 0 Å². The molecule has 8 N–H and O–H groups in total. The zero-order valence-electron chi connectivity index (χ0n) is 7.52. The standard InChI is InChI=1S/C8H9N3O4/c9-3-1-2(7(12)13)5(10)6(11)4(3)8(14)15/h1H,9-11H2,(H,12,13)(H,14,15). The molecule has 0 aliphatic heterocycles. The third kappa shape index (κ3) is 1.62. The van der Waals surface area contributed by atoms with E-state index >= 15 is 0 Å². The molecule has 15 heavy (non-hydrogen) atoms. The number of hydrogen-bond donors (Lipinski definition) is 5. The fourth-order valence-corrected chi connectivity index (χ4v) is 1.16. The van der Waals surface area contributed by atoms with Crippen molar-refractivity contribution in [3.8, 4) is 0 Å². The lowest BCUT2D eigenvalue weighted by Gasteiger charge is -2.10. The topological polar surface area (TPSA) is 153 Å². The van der Waals surface area contributed by atoms with E-state index in [4.69, 9.17) is 27.4 Å². The molecule has 0 spiro atoms. The lowest BCUT2D eigenvalue weighted by Crippen LogP contribution is -2.13. The molecule has 0 saturated heterocycles. The van der Waals surface area contributed by atoms with Crippen LogP contribution in [0.15, 0.2) is 6.07 Å². The first-order valence-electron chi connectivity index (χ1n) is 3.80. The molecular formula is C8H9N3O4. The quantitative estimate of drug-likeness (QED) is 0.425. The van der Waals surface area contributed by atoms with Crippen LogP contribution in [0, 0.1) is 0 Å². The monoisotopic (exact) mass is 211 g/mol. The lowest BCUT2D eigenvalue weighted by atomic mass is 10.0. The molecule has 0 amide bonds. The minimum atomic E-state index is -1.35. The highest BCUT2D eigenvalue weighted by Gasteiger charge is 2.20. The Balaban J connectivity index is 3.58. The Morgan fingerprint density at radius 3 is 1.93 bits per heavy atom. The number of aromatic carboxylic acids is 2. The van der Waals surface area contributed by atoms with Gasteiger partial charge in [-0.1, -0.05) is 0 Å². The molecule has 1 rings (SSSR count). The molecule has 0 aliphatic rings. The highest BCUT2D eigenvalue weighted by molar-refractivity contribution is 6.07. The Bertz CT molecular complexity index is 456.